The van der Waals surface area contributed by atoms with E-state index in [1.165, 1.54) is 18.2 Å². The molecule has 0 bridgehead atoms. The van der Waals surface area contributed by atoms with E-state index < -0.39 is 10.4 Å². The molecule has 0 aliphatic rings. The maximum atomic E-state index is 10.4. The van der Waals surface area contributed by atoms with E-state index in [2.05, 4.69) is 4.18 Å². The molecule has 0 heterocycles. The second-order valence-corrected chi connectivity index (χ2v) is 3.19. The minimum Gasteiger partial charge on any atom is -1.00 e. The molecule has 0 saturated carbocycles. The standard InChI is InChI=1S/C7H6O5S.Na.H/c8-5-6-3-1-2-4-7(6)12-13(9,10)11;;/h1-5H,(H,9,10,11);;/q;+1;-1. The van der Waals surface area contributed by atoms with E-state index in [1.807, 2.05) is 0 Å². The Morgan fingerprint density at radius 1 is 1.36 bits per heavy atom. The van der Waals surface area contributed by atoms with Crippen molar-refractivity contribution in [3.8, 4) is 5.75 Å². The van der Waals surface area contributed by atoms with Crippen molar-refractivity contribution >= 4 is 16.7 Å². The van der Waals surface area contributed by atoms with Gasteiger partial charge < -0.3 is 5.61 Å². The number of aldehydes is 1. The number of benzene rings is 1. The van der Waals surface area contributed by atoms with E-state index in [4.69, 9.17) is 4.55 Å². The van der Waals surface area contributed by atoms with Crippen LogP contribution in [-0.4, -0.2) is 19.3 Å². The fraction of sp³-hybridized carbons (Fsp3) is 0. The van der Waals surface area contributed by atoms with Crippen molar-refractivity contribution in [1.82, 2.24) is 0 Å². The first-order valence-corrected chi connectivity index (χ1v) is 4.60. The SMILES string of the molecule is O=Cc1ccccc1OS(=O)(=O)O.[H-].[Na+]. The molecule has 0 aliphatic heterocycles. The molecule has 0 aromatic heterocycles. The Balaban J connectivity index is 0. The van der Waals surface area contributed by atoms with E-state index in [0.29, 0.717) is 6.29 Å². The number of rotatable bonds is 3. The van der Waals surface area contributed by atoms with Gasteiger partial charge in [0.2, 0.25) is 0 Å². The molecule has 0 aliphatic carbocycles. The number of carbonyl (C=O) groups excluding carboxylic acids is 1. The quantitative estimate of drug-likeness (QED) is 0.359. The second kappa shape index (κ2) is 5.47. The summed E-state index contributed by atoms with van der Waals surface area (Å²) in [6.45, 7) is 0. The molecule has 0 saturated heterocycles. The van der Waals surface area contributed by atoms with Gasteiger partial charge in [0.05, 0.1) is 5.56 Å². The second-order valence-electron chi connectivity index (χ2n) is 2.17. The molecule has 0 atom stereocenters. The normalized spacial score (nSPS) is 10.1. The molecule has 1 N–H and O–H groups in total. The molecule has 1 rings (SSSR count). The predicted octanol–water partition coefficient (Wildman–Crippen LogP) is -2.20. The van der Waals surface area contributed by atoms with Gasteiger partial charge in [-0.05, 0) is 12.1 Å². The van der Waals surface area contributed by atoms with Gasteiger partial charge >= 0.3 is 40.0 Å². The van der Waals surface area contributed by atoms with Gasteiger partial charge in [0.1, 0.15) is 0 Å². The first kappa shape index (κ1) is 13.6. The summed E-state index contributed by atoms with van der Waals surface area (Å²) in [6.07, 6.45) is 0.431. The van der Waals surface area contributed by atoms with E-state index in [9.17, 15) is 13.2 Å². The first-order valence-electron chi connectivity index (χ1n) is 3.24. The zero-order valence-corrected chi connectivity index (χ0v) is 10.2. The fourth-order valence-electron chi connectivity index (χ4n) is 0.767. The van der Waals surface area contributed by atoms with Gasteiger partial charge in [-0.15, -0.1) is 0 Å². The van der Waals surface area contributed by atoms with Gasteiger partial charge in [0, 0.05) is 0 Å². The smallest absolute Gasteiger partial charge is 1.00 e. The molecule has 1 aromatic rings. The van der Waals surface area contributed by atoms with Gasteiger partial charge in [-0.1, -0.05) is 12.1 Å². The number of para-hydroxylation sites is 1. The molecule has 7 heteroatoms. The Kier molecular flexibility index (Phi) is 5.32. The molecule has 0 radical (unpaired) electrons. The molecular formula is C7H7NaO5S. The van der Waals surface area contributed by atoms with Crippen LogP contribution < -0.4 is 33.7 Å². The van der Waals surface area contributed by atoms with Crippen LogP contribution in [-0.2, 0) is 10.4 Å². The third-order valence-electron chi connectivity index (χ3n) is 1.24. The molecule has 72 valence electrons. The van der Waals surface area contributed by atoms with Crippen molar-refractivity contribution in [2.24, 2.45) is 0 Å². The third kappa shape index (κ3) is 4.21. The Morgan fingerprint density at radius 2 is 1.93 bits per heavy atom. The maximum absolute atomic E-state index is 10.4. The van der Waals surface area contributed by atoms with Gasteiger partial charge in [-0.3, -0.25) is 9.35 Å². The minimum absolute atomic E-state index is 0. The Morgan fingerprint density at radius 3 is 2.43 bits per heavy atom. The van der Waals surface area contributed by atoms with Crippen LogP contribution in [0.25, 0.3) is 0 Å². The van der Waals surface area contributed by atoms with Crippen LogP contribution >= 0.6 is 0 Å². The predicted molar refractivity (Wildman–Crippen MR) is 45.1 cm³/mol. The van der Waals surface area contributed by atoms with Crippen LogP contribution in [0.5, 0.6) is 5.75 Å². The molecule has 0 fully saturated rings. The monoisotopic (exact) mass is 226 g/mol. The van der Waals surface area contributed by atoms with Crippen LogP contribution in [0, 0.1) is 0 Å². The summed E-state index contributed by atoms with van der Waals surface area (Å²) in [5.74, 6) is -0.194. The summed E-state index contributed by atoms with van der Waals surface area (Å²) in [5, 5.41) is 0. The van der Waals surface area contributed by atoms with Crippen LogP contribution in [0.4, 0.5) is 0 Å². The van der Waals surface area contributed by atoms with Crippen LogP contribution in [0.1, 0.15) is 11.8 Å². The van der Waals surface area contributed by atoms with Crippen LogP contribution in [0.2, 0.25) is 0 Å². The first-order chi connectivity index (χ1) is 6.03. The van der Waals surface area contributed by atoms with Crippen molar-refractivity contribution in [3.05, 3.63) is 29.8 Å². The summed E-state index contributed by atoms with van der Waals surface area (Å²) >= 11 is 0. The molecule has 5 nitrogen and oxygen atoms in total. The Labute approximate surface area is 105 Å². The Hall–Kier alpha value is -0.400. The average molecular weight is 226 g/mol. The molecule has 0 unspecified atom stereocenters. The zero-order valence-electron chi connectivity index (χ0n) is 8.38. The van der Waals surface area contributed by atoms with Crippen LogP contribution in [0.3, 0.4) is 0 Å². The van der Waals surface area contributed by atoms with Crippen molar-refractivity contribution in [3.63, 3.8) is 0 Å². The summed E-state index contributed by atoms with van der Waals surface area (Å²) < 4.78 is 33.0. The topological polar surface area (TPSA) is 80.7 Å². The Bertz CT molecular complexity index is 419. The summed E-state index contributed by atoms with van der Waals surface area (Å²) in [7, 11) is -4.57. The van der Waals surface area contributed by atoms with E-state index in [-0.39, 0.29) is 42.3 Å². The molecule has 0 amide bonds. The molecule has 1 aromatic carbocycles. The van der Waals surface area contributed by atoms with Crippen molar-refractivity contribution in [2.45, 2.75) is 0 Å². The van der Waals surface area contributed by atoms with Crippen molar-refractivity contribution in [2.75, 3.05) is 0 Å². The summed E-state index contributed by atoms with van der Waals surface area (Å²) in [4.78, 5) is 10.4. The number of hydrogen-bond donors (Lipinski definition) is 1. The van der Waals surface area contributed by atoms with Gasteiger partial charge in [-0.25, -0.2) is 0 Å². The number of hydrogen-bond acceptors (Lipinski definition) is 4. The largest absolute Gasteiger partial charge is 1.00 e. The summed E-state index contributed by atoms with van der Waals surface area (Å²) in [5.41, 5.74) is 0.0557. The van der Waals surface area contributed by atoms with Gasteiger partial charge in [0.25, 0.3) is 0 Å². The average Bonchev–Trinajstić information content (AvgIpc) is 2.02. The van der Waals surface area contributed by atoms with E-state index in [1.54, 1.807) is 6.07 Å². The summed E-state index contributed by atoms with van der Waals surface area (Å²) in [6, 6.07) is 5.65. The van der Waals surface area contributed by atoms with Crippen molar-refractivity contribution in [1.29, 1.82) is 0 Å². The van der Waals surface area contributed by atoms with Crippen LogP contribution in [0.15, 0.2) is 24.3 Å². The number of carbonyl (C=O) groups is 1. The van der Waals surface area contributed by atoms with Gasteiger partial charge in [-0.2, -0.15) is 8.42 Å². The van der Waals surface area contributed by atoms with Crippen molar-refractivity contribution < 1.29 is 52.9 Å². The molecule has 0 spiro atoms. The van der Waals surface area contributed by atoms with E-state index in [0.717, 1.165) is 0 Å². The maximum Gasteiger partial charge on any atom is 1.00 e. The van der Waals surface area contributed by atoms with E-state index >= 15 is 0 Å². The third-order valence-corrected chi connectivity index (χ3v) is 1.63. The molecule has 14 heavy (non-hydrogen) atoms. The zero-order chi connectivity index (χ0) is 9.90. The molecular weight excluding hydrogens is 219 g/mol. The fourth-order valence-corrected chi connectivity index (χ4v) is 1.15. The van der Waals surface area contributed by atoms with Gasteiger partial charge in [0.15, 0.2) is 12.0 Å². The minimum atomic E-state index is -4.57.